The van der Waals surface area contributed by atoms with Crippen LogP contribution in [0.4, 0.5) is 5.82 Å². The Morgan fingerprint density at radius 1 is 1.23 bits per heavy atom. The third-order valence-corrected chi connectivity index (χ3v) is 5.31. The molecule has 2 aliphatic rings. The number of benzene rings is 1. The first-order valence-corrected chi connectivity index (χ1v) is 9.96. The summed E-state index contributed by atoms with van der Waals surface area (Å²) in [5.74, 6) is 0.384. The summed E-state index contributed by atoms with van der Waals surface area (Å²) in [5, 5.41) is 10.2. The first kappa shape index (κ1) is 22.4. The van der Waals surface area contributed by atoms with Crippen molar-refractivity contribution in [2.24, 2.45) is 0 Å². The number of nitrogens with zero attached hydrogens (tertiary/aromatic N) is 4. The molecule has 2 N–H and O–H groups in total. The quantitative estimate of drug-likeness (QED) is 0.660. The zero-order valence-corrected chi connectivity index (χ0v) is 17.3. The maximum absolute atomic E-state index is 13.2. The van der Waals surface area contributed by atoms with Crippen LogP contribution in [0, 0.1) is 0 Å². The Labute approximate surface area is 183 Å². The number of carbonyl (C=O) groups excluding carboxylic acids is 2. The van der Waals surface area contributed by atoms with E-state index in [9.17, 15) is 9.59 Å². The number of piperazine rings is 1. The van der Waals surface area contributed by atoms with E-state index in [0.717, 1.165) is 5.82 Å². The lowest BCUT2D eigenvalue weighted by molar-refractivity contribution is -0.155. The van der Waals surface area contributed by atoms with E-state index in [0.29, 0.717) is 36.8 Å². The lowest BCUT2D eigenvalue weighted by Crippen LogP contribution is -2.57. The lowest BCUT2D eigenvalue weighted by atomic mass is 9.98. The van der Waals surface area contributed by atoms with Crippen molar-refractivity contribution in [2.45, 2.75) is 12.1 Å². The Morgan fingerprint density at radius 3 is 2.58 bits per heavy atom. The number of morpholine rings is 1. The molecule has 164 valence electrons. The first-order chi connectivity index (χ1) is 15.0. The number of carbonyl (C=O) groups is 3. The summed E-state index contributed by atoms with van der Waals surface area (Å²) in [7, 11) is 0. The molecule has 0 saturated carbocycles. The number of hydrogen-bond donors (Lipinski definition) is 2. The summed E-state index contributed by atoms with van der Waals surface area (Å²) in [5.41, 5.74) is 0.675. The molecule has 2 atom stereocenters. The standard InChI is InChI=1S/C19H20ClN5O3.CH2O2/c20-14-4-2-1-3-13(14)17-18(28-12-16(26)23-17)19(27)25-9-7-24(8-10-25)15-11-21-5-6-22-15;2-1-3/h1-6,11,17-18H,7-10,12H2,(H,23,26);1H,(H,2,3)/t17-,18+;/m1./s1. The highest BCUT2D eigenvalue weighted by molar-refractivity contribution is 6.31. The summed E-state index contributed by atoms with van der Waals surface area (Å²) in [6.07, 6.45) is 4.19. The number of carboxylic acid groups (broad SMARTS) is 1. The lowest BCUT2D eigenvalue weighted by Gasteiger charge is -2.39. The molecule has 2 fully saturated rings. The summed E-state index contributed by atoms with van der Waals surface area (Å²) in [4.78, 5) is 45.6. The zero-order chi connectivity index (χ0) is 22.2. The second kappa shape index (κ2) is 10.7. The van der Waals surface area contributed by atoms with Crippen molar-refractivity contribution in [3.05, 3.63) is 53.4 Å². The molecule has 1 aromatic carbocycles. The normalized spacial score (nSPS) is 20.9. The van der Waals surface area contributed by atoms with Crippen LogP contribution in [0.3, 0.4) is 0 Å². The van der Waals surface area contributed by atoms with Crippen molar-refractivity contribution in [1.29, 1.82) is 0 Å². The van der Waals surface area contributed by atoms with Gasteiger partial charge in [0.1, 0.15) is 12.4 Å². The van der Waals surface area contributed by atoms with E-state index >= 15 is 0 Å². The fourth-order valence-electron chi connectivity index (χ4n) is 3.52. The Kier molecular flexibility index (Phi) is 7.74. The fraction of sp³-hybridized carbons (Fsp3) is 0.350. The molecule has 10 nitrogen and oxygen atoms in total. The topological polar surface area (TPSA) is 125 Å². The Bertz CT molecular complexity index is 908. The predicted molar refractivity (Wildman–Crippen MR) is 112 cm³/mol. The molecule has 31 heavy (non-hydrogen) atoms. The molecule has 3 heterocycles. The number of aromatic nitrogens is 2. The third kappa shape index (κ3) is 5.47. The number of nitrogens with one attached hydrogen (secondary N) is 1. The van der Waals surface area contributed by atoms with Gasteiger partial charge in [-0.15, -0.1) is 0 Å². The zero-order valence-electron chi connectivity index (χ0n) is 16.6. The third-order valence-electron chi connectivity index (χ3n) is 4.96. The average Bonchev–Trinajstić information content (AvgIpc) is 2.80. The summed E-state index contributed by atoms with van der Waals surface area (Å²) < 4.78 is 5.64. The van der Waals surface area contributed by atoms with Crippen LogP contribution in [0.1, 0.15) is 11.6 Å². The highest BCUT2D eigenvalue weighted by Gasteiger charge is 2.39. The van der Waals surface area contributed by atoms with Gasteiger partial charge in [0.2, 0.25) is 5.91 Å². The Hall–Kier alpha value is -3.24. The molecule has 0 radical (unpaired) electrons. The van der Waals surface area contributed by atoms with Crippen LogP contribution in [0.5, 0.6) is 0 Å². The van der Waals surface area contributed by atoms with Crippen molar-refractivity contribution < 1.29 is 24.2 Å². The van der Waals surface area contributed by atoms with Crippen LogP contribution >= 0.6 is 11.6 Å². The second-order valence-electron chi connectivity index (χ2n) is 6.78. The number of amides is 2. The molecule has 0 bridgehead atoms. The van der Waals surface area contributed by atoms with E-state index in [-0.39, 0.29) is 24.9 Å². The van der Waals surface area contributed by atoms with Gasteiger partial charge in [-0.25, -0.2) is 4.98 Å². The van der Waals surface area contributed by atoms with Gasteiger partial charge in [-0.2, -0.15) is 0 Å². The van der Waals surface area contributed by atoms with Gasteiger partial charge in [0.25, 0.3) is 12.4 Å². The van der Waals surface area contributed by atoms with Crippen LogP contribution in [-0.4, -0.2) is 77.2 Å². The van der Waals surface area contributed by atoms with Crippen LogP contribution in [-0.2, 0) is 19.1 Å². The van der Waals surface area contributed by atoms with Crippen LogP contribution in [0.2, 0.25) is 5.02 Å². The highest BCUT2D eigenvalue weighted by atomic mass is 35.5. The van der Waals surface area contributed by atoms with E-state index in [1.54, 1.807) is 41.7 Å². The van der Waals surface area contributed by atoms with E-state index < -0.39 is 12.1 Å². The Morgan fingerprint density at radius 2 is 1.94 bits per heavy atom. The first-order valence-electron chi connectivity index (χ1n) is 9.58. The fourth-order valence-corrected chi connectivity index (χ4v) is 3.78. The van der Waals surface area contributed by atoms with Gasteiger partial charge in [-0.3, -0.25) is 19.4 Å². The van der Waals surface area contributed by atoms with E-state index in [1.807, 2.05) is 6.07 Å². The molecule has 0 unspecified atom stereocenters. The minimum Gasteiger partial charge on any atom is -0.483 e. The number of hydrogen-bond acceptors (Lipinski definition) is 7. The smallest absolute Gasteiger partial charge is 0.290 e. The van der Waals surface area contributed by atoms with Crippen LogP contribution in [0.25, 0.3) is 0 Å². The van der Waals surface area contributed by atoms with E-state index in [2.05, 4.69) is 20.2 Å². The van der Waals surface area contributed by atoms with Crippen LogP contribution < -0.4 is 10.2 Å². The van der Waals surface area contributed by atoms with E-state index in [1.165, 1.54) is 0 Å². The molecule has 1 aromatic heterocycles. The predicted octanol–water partition coefficient (Wildman–Crippen LogP) is 0.736. The van der Waals surface area contributed by atoms with Gasteiger partial charge < -0.3 is 25.0 Å². The minimum atomic E-state index is -0.805. The maximum Gasteiger partial charge on any atom is 0.290 e. The van der Waals surface area contributed by atoms with Crippen molar-refractivity contribution in [3.63, 3.8) is 0 Å². The molecule has 2 aromatic rings. The summed E-state index contributed by atoms with van der Waals surface area (Å²) in [6, 6.07) is 6.55. The van der Waals surface area contributed by atoms with Gasteiger partial charge in [0, 0.05) is 43.6 Å². The molecular formula is C20H22ClN5O5. The Balaban J connectivity index is 0.000000858. The second-order valence-corrected chi connectivity index (χ2v) is 7.19. The molecule has 0 aliphatic carbocycles. The van der Waals surface area contributed by atoms with Crippen LogP contribution in [0.15, 0.2) is 42.9 Å². The van der Waals surface area contributed by atoms with E-state index in [4.69, 9.17) is 26.2 Å². The molecule has 2 aliphatic heterocycles. The SMILES string of the molecule is O=C1CO[C@H](C(=O)N2CCN(c3cnccn3)CC2)[C@@H](c2ccccc2Cl)N1.O=CO. The van der Waals surface area contributed by atoms with Crippen molar-refractivity contribution in [1.82, 2.24) is 20.2 Å². The van der Waals surface area contributed by atoms with Crippen molar-refractivity contribution >= 4 is 35.7 Å². The van der Waals surface area contributed by atoms with Gasteiger partial charge in [0.05, 0.1) is 12.2 Å². The number of halogens is 1. The number of ether oxygens (including phenoxy) is 1. The highest BCUT2D eigenvalue weighted by Crippen LogP contribution is 2.29. The number of rotatable bonds is 3. The van der Waals surface area contributed by atoms with Gasteiger partial charge >= 0.3 is 0 Å². The largest absolute Gasteiger partial charge is 0.483 e. The summed E-state index contributed by atoms with van der Waals surface area (Å²) >= 11 is 6.30. The average molecular weight is 448 g/mol. The molecule has 2 amide bonds. The number of anilines is 1. The molecular weight excluding hydrogens is 426 g/mol. The van der Waals surface area contributed by atoms with Gasteiger partial charge in [-0.05, 0) is 11.6 Å². The van der Waals surface area contributed by atoms with Crippen molar-refractivity contribution in [2.75, 3.05) is 37.7 Å². The molecule has 2 saturated heterocycles. The molecule has 11 heteroatoms. The van der Waals surface area contributed by atoms with Crippen molar-refractivity contribution in [3.8, 4) is 0 Å². The summed E-state index contributed by atoms with van der Waals surface area (Å²) in [6.45, 7) is 1.99. The maximum atomic E-state index is 13.2. The van der Waals surface area contributed by atoms with Gasteiger partial charge in [-0.1, -0.05) is 29.8 Å². The molecule has 0 spiro atoms. The minimum absolute atomic E-state index is 0.142. The molecule has 4 rings (SSSR count). The monoisotopic (exact) mass is 447 g/mol. The van der Waals surface area contributed by atoms with Gasteiger partial charge in [0.15, 0.2) is 6.10 Å².